The van der Waals surface area contributed by atoms with Gasteiger partial charge in [0.15, 0.2) is 0 Å². The van der Waals surface area contributed by atoms with E-state index in [1.807, 2.05) is 0 Å². The van der Waals surface area contributed by atoms with E-state index in [1.165, 1.54) is 0 Å². The Morgan fingerprint density at radius 2 is 1.38 bits per heavy atom. The maximum Gasteiger partial charge on any atom is 0.0701 e. The molecule has 0 aliphatic heterocycles. The number of carboxylic acids is 1. The number of hydrogen-bond donors (Lipinski definition) is 0. The van der Waals surface area contributed by atoms with Crippen molar-refractivity contribution >= 4 is 5.97 Å². The summed E-state index contributed by atoms with van der Waals surface area (Å²) in [6, 6.07) is 0. The molecule has 13 heavy (non-hydrogen) atoms. The normalized spacial score (nSPS) is 8.85. The van der Waals surface area contributed by atoms with Gasteiger partial charge in [0.2, 0.25) is 0 Å². The van der Waals surface area contributed by atoms with Crippen LogP contribution in [-0.2, 0) is 19.0 Å². The fourth-order valence-electron chi connectivity index (χ4n) is 0.387. The molecule has 0 atom stereocenters. The van der Waals surface area contributed by atoms with Gasteiger partial charge in [0, 0.05) is 20.2 Å². The predicted octanol–water partition coefficient (Wildman–Crippen LogP) is -0.948. The summed E-state index contributed by atoms with van der Waals surface area (Å²) in [5.41, 5.74) is 0. The zero-order valence-corrected chi connectivity index (χ0v) is 8.37. The van der Waals surface area contributed by atoms with Gasteiger partial charge >= 0.3 is 0 Å². The molecule has 0 aromatic carbocycles. The van der Waals surface area contributed by atoms with E-state index < -0.39 is 5.97 Å². The van der Waals surface area contributed by atoms with Crippen molar-refractivity contribution in [2.24, 2.45) is 0 Å². The number of rotatable bonds is 6. The number of aliphatic carboxylic acids is 1. The standard InChI is InChI=1S/C6H14O3.C2H4O2/c1-7-3-5-9-6-4-8-2;1-2(3)4/h3-6H2,1-2H3;1H3,(H,3,4)/p-1. The molecule has 0 radical (unpaired) electrons. The number of hydrogen-bond acceptors (Lipinski definition) is 5. The summed E-state index contributed by atoms with van der Waals surface area (Å²) < 4.78 is 14.6. The van der Waals surface area contributed by atoms with Crippen molar-refractivity contribution in [3.63, 3.8) is 0 Å². The van der Waals surface area contributed by atoms with Crippen LogP contribution < -0.4 is 5.11 Å². The number of carbonyl (C=O) groups excluding carboxylic acids is 1. The van der Waals surface area contributed by atoms with Gasteiger partial charge in [0.05, 0.1) is 26.4 Å². The molecule has 0 aliphatic carbocycles. The van der Waals surface area contributed by atoms with Crippen LogP contribution >= 0.6 is 0 Å². The Morgan fingerprint density at radius 1 is 1.08 bits per heavy atom. The van der Waals surface area contributed by atoms with Crippen molar-refractivity contribution in [3.05, 3.63) is 0 Å². The molecule has 80 valence electrons. The Morgan fingerprint density at radius 3 is 1.62 bits per heavy atom. The minimum Gasteiger partial charge on any atom is -0.550 e. The van der Waals surface area contributed by atoms with Gasteiger partial charge < -0.3 is 24.1 Å². The van der Waals surface area contributed by atoms with Crippen LogP contribution in [0.15, 0.2) is 0 Å². The summed E-state index contributed by atoms with van der Waals surface area (Å²) in [4.78, 5) is 8.89. The zero-order chi connectivity index (χ0) is 10.5. The van der Waals surface area contributed by atoms with Crippen LogP contribution in [0.2, 0.25) is 0 Å². The van der Waals surface area contributed by atoms with E-state index in [2.05, 4.69) is 0 Å². The molecule has 0 aromatic rings. The highest BCUT2D eigenvalue weighted by atomic mass is 16.5. The summed E-state index contributed by atoms with van der Waals surface area (Å²) in [5.74, 6) is -1.08. The van der Waals surface area contributed by atoms with E-state index in [-0.39, 0.29) is 0 Å². The Hall–Kier alpha value is -0.650. The first-order valence-corrected chi connectivity index (χ1v) is 3.88. The molecule has 0 fully saturated rings. The van der Waals surface area contributed by atoms with Gasteiger partial charge in [-0.05, 0) is 6.92 Å². The molecule has 0 saturated carbocycles. The van der Waals surface area contributed by atoms with Crippen LogP contribution in [0.5, 0.6) is 0 Å². The molecule has 0 rings (SSSR count). The monoisotopic (exact) mass is 193 g/mol. The lowest BCUT2D eigenvalue weighted by Crippen LogP contribution is -2.16. The van der Waals surface area contributed by atoms with Gasteiger partial charge in [0.25, 0.3) is 0 Å². The van der Waals surface area contributed by atoms with Gasteiger partial charge in [-0.2, -0.15) is 0 Å². The van der Waals surface area contributed by atoms with Crippen LogP contribution in [0, 0.1) is 0 Å². The smallest absolute Gasteiger partial charge is 0.0701 e. The van der Waals surface area contributed by atoms with Crippen molar-refractivity contribution in [1.29, 1.82) is 0 Å². The molecular weight excluding hydrogens is 176 g/mol. The van der Waals surface area contributed by atoms with Gasteiger partial charge in [-0.25, -0.2) is 0 Å². The van der Waals surface area contributed by atoms with Crippen molar-refractivity contribution in [2.75, 3.05) is 40.6 Å². The van der Waals surface area contributed by atoms with Crippen LogP contribution in [0.4, 0.5) is 0 Å². The molecule has 0 unspecified atom stereocenters. The molecule has 0 amide bonds. The minimum absolute atomic E-state index is 0.653. The molecule has 0 bridgehead atoms. The average Bonchev–Trinajstić information content (AvgIpc) is 2.03. The van der Waals surface area contributed by atoms with E-state index in [0.29, 0.717) is 26.4 Å². The van der Waals surface area contributed by atoms with E-state index in [0.717, 1.165) is 6.92 Å². The maximum absolute atomic E-state index is 8.89. The lowest BCUT2D eigenvalue weighted by molar-refractivity contribution is -0.302. The van der Waals surface area contributed by atoms with Gasteiger partial charge in [-0.15, -0.1) is 0 Å². The van der Waals surface area contributed by atoms with Gasteiger partial charge in [-0.3, -0.25) is 0 Å². The third-order valence-corrected chi connectivity index (χ3v) is 0.864. The van der Waals surface area contributed by atoms with Crippen molar-refractivity contribution < 1.29 is 24.1 Å². The highest BCUT2D eigenvalue weighted by Crippen LogP contribution is 1.75. The van der Waals surface area contributed by atoms with Gasteiger partial charge in [0.1, 0.15) is 0 Å². The second-order valence-corrected chi connectivity index (χ2v) is 2.09. The van der Waals surface area contributed by atoms with Crippen molar-refractivity contribution in [3.8, 4) is 0 Å². The molecule has 5 heteroatoms. The third kappa shape index (κ3) is 34.7. The fourth-order valence-corrected chi connectivity index (χ4v) is 0.387. The van der Waals surface area contributed by atoms with E-state index >= 15 is 0 Å². The summed E-state index contributed by atoms with van der Waals surface area (Å²) in [6.07, 6.45) is 0. The second kappa shape index (κ2) is 13.9. The summed E-state index contributed by atoms with van der Waals surface area (Å²) in [5, 5.41) is 8.89. The first-order valence-electron chi connectivity index (χ1n) is 3.88. The summed E-state index contributed by atoms with van der Waals surface area (Å²) in [7, 11) is 3.30. The maximum atomic E-state index is 8.89. The number of carbonyl (C=O) groups is 1. The molecule has 0 aliphatic rings. The third-order valence-electron chi connectivity index (χ3n) is 0.864. The van der Waals surface area contributed by atoms with Crippen LogP contribution in [-0.4, -0.2) is 46.6 Å². The van der Waals surface area contributed by atoms with Crippen LogP contribution in [0.3, 0.4) is 0 Å². The lowest BCUT2D eigenvalue weighted by atomic mass is 10.7. The largest absolute Gasteiger partial charge is 0.550 e. The first kappa shape index (κ1) is 14.9. The highest BCUT2D eigenvalue weighted by molar-refractivity contribution is 5.60. The van der Waals surface area contributed by atoms with E-state index in [1.54, 1.807) is 14.2 Å². The summed E-state index contributed by atoms with van der Waals surface area (Å²) >= 11 is 0. The SMILES string of the molecule is CC(=O)[O-].COCCOCCOC. The number of methoxy groups -OCH3 is 2. The van der Waals surface area contributed by atoms with E-state index in [9.17, 15) is 0 Å². The van der Waals surface area contributed by atoms with Gasteiger partial charge in [-0.1, -0.05) is 0 Å². The quantitative estimate of drug-likeness (QED) is 0.509. The molecular formula is C8H17O5-. The molecule has 0 aromatic heterocycles. The van der Waals surface area contributed by atoms with E-state index in [4.69, 9.17) is 24.1 Å². The van der Waals surface area contributed by atoms with Crippen molar-refractivity contribution in [2.45, 2.75) is 6.92 Å². The average molecular weight is 193 g/mol. The number of ether oxygens (including phenoxy) is 3. The molecule has 5 nitrogen and oxygen atoms in total. The second-order valence-electron chi connectivity index (χ2n) is 2.09. The highest BCUT2D eigenvalue weighted by Gasteiger charge is 1.84. The zero-order valence-electron chi connectivity index (χ0n) is 8.37. The molecule has 0 spiro atoms. The Kier molecular flexibility index (Phi) is 15.9. The first-order chi connectivity index (χ1) is 6.15. The number of carboxylic acid groups (broad SMARTS) is 1. The lowest BCUT2D eigenvalue weighted by Gasteiger charge is -2.00. The van der Waals surface area contributed by atoms with Crippen LogP contribution in [0.25, 0.3) is 0 Å². The topological polar surface area (TPSA) is 67.8 Å². The van der Waals surface area contributed by atoms with Crippen molar-refractivity contribution in [1.82, 2.24) is 0 Å². The summed E-state index contributed by atoms with van der Waals surface area (Å²) in [6.45, 7) is 3.59. The Labute approximate surface area is 78.6 Å². The molecule has 0 heterocycles. The molecule has 0 N–H and O–H groups in total. The molecule has 0 saturated heterocycles. The predicted molar refractivity (Wildman–Crippen MR) is 45.3 cm³/mol. The van der Waals surface area contributed by atoms with Crippen LogP contribution in [0.1, 0.15) is 6.92 Å². The Bertz CT molecular complexity index is 94.7. The Balaban J connectivity index is 0. The fraction of sp³-hybridized carbons (Fsp3) is 0.875. The minimum atomic E-state index is -1.08.